The normalized spacial score (nSPS) is 29.2. The number of piperidine rings is 1. The Hall–Kier alpha value is -0.0800. The van der Waals surface area contributed by atoms with Gasteiger partial charge in [-0.3, -0.25) is 4.90 Å². The van der Waals surface area contributed by atoms with Gasteiger partial charge in [-0.05, 0) is 59.5 Å². The lowest BCUT2D eigenvalue weighted by atomic mass is 9.97. The number of hydrogen-bond acceptors (Lipinski definition) is 2. The van der Waals surface area contributed by atoms with Crippen molar-refractivity contribution in [2.24, 2.45) is 0 Å². The van der Waals surface area contributed by atoms with Crippen LogP contribution >= 0.6 is 0 Å². The average Bonchev–Trinajstić information content (AvgIpc) is 2.28. The first-order chi connectivity index (χ1) is 7.69. The Morgan fingerprint density at radius 1 is 1.25 bits per heavy atom. The predicted molar refractivity (Wildman–Crippen MR) is 71.9 cm³/mol. The molecule has 0 radical (unpaired) electrons. The van der Waals surface area contributed by atoms with Gasteiger partial charge in [0.05, 0.1) is 0 Å². The van der Waals surface area contributed by atoms with Crippen LogP contribution in [-0.2, 0) is 0 Å². The van der Waals surface area contributed by atoms with Crippen LogP contribution in [0.5, 0.6) is 0 Å². The summed E-state index contributed by atoms with van der Waals surface area (Å²) in [5, 5.41) is 3.39. The van der Waals surface area contributed by atoms with Crippen LogP contribution in [0.25, 0.3) is 0 Å². The van der Waals surface area contributed by atoms with Gasteiger partial charge in [0.2, 0.25) is 0 Å². The molecule has 1 saturated heterocycles. The van der Waals surface area contributed by atoms with Crippen LogP contribution in [0.4, 0.5) is 0 Å². The summed E-state index contributed by atoms with van der Waals surface area (Å²) in [6, 6.07) is 2.33. The molecule has 1 fully saturated rings. The molecule has 3 atom stereocenters. The first-order valence-electron chi connectivity index (χ1n) is 7.12. The van der Waals surface area contributed by atoms with Crippen LogP contribution in [0, 0.1) is 0 Å². The van der Waals surface area contributed by atoms with Crippen molar-refractivity contribution in [3.63, 3.8) is 0 Å². The molecule has 96 valence electrons. The Morgan fingerprint density at radius 3 is 2.38 bits per heavy atom. The first-order valence-corrected chi connectivity index (χ1v) is 7.12. The van der Waals surface area contributed by atoms with Crippen molar-refractivity contribution in [2.75, 3.05) is 13.6 Å². The number of likely N-dealkylation sites (tertiary alicyclic amines) is 1. The Balaban J connectivity index is 2.24. The molecule has 0 aliphatic carbocycles. The van der Waals surface area contributed by atoms with Crippen molar-refractivity contribution in [1.29, 1.82) is 0 Å². The van der Waals surface area contributed by atoms with E-state index in [0.29, 0.717) is 0 Å². The SMILES string of the molecule is CCC(CCCN1C(C)CCCC1C)NC. The van der Waals surface area contributed by atoms with Gasteiger partial charge in [0, 0.05) is 18.1 Å². The van der Waals surface area contributed by atoms with E-state index < -0.39 is 0 Å². The Bertz CT molecular complexity index is 168. The van der Waals surface area contributed by atoms with Gasteiger partial charge in [-0.1, -0.05) is 13.3 Å². The van der Waals surface area contributed by atoms with E-state index in [2.05, 4.69) is 38.0 Å². The molecule has 1 aliphatic rings. The Kier molecular flexibility index (Phi) is 6.37. The van der Waals surface area contributed by atoms with Crippen molar-refractivity contribution in [3.8, 4) is 0 Å². The molecule has 0 bridgehead atoms. The predicted octanol–water partition coefficient (Wildman–Crippen LogP) is 3.03. The highest BCUT2D eigenvalue weighted by molar-refractivity contribution is 4.79. The third-order valence-electron chi connectivity index (χ3n) is 4.25. The highest BCUT2D eigenvalue weighted by Crippen LogP contribution is 2.22. The minimum absolute atomic E-state index is 0.718. The maximum absolute atomic E-state index is 3.39. The van der Waals surface area contributed by atoms with Gasteiger partial charge in [0.15, 0.2) is 0 Å². The van der Waals surface area contributed by atoms with Crippen LogP contribution in [-0.4, -0.2) is 36.6 Å². The zero-order valence-corrected chi connectivity index (χ0v) is 11.6. The van der Waals surface area contributed by atoms with E-state index in [1.807, 2.05) is 0 Å². The molecule has 0 spiro atoms. The minimum Gasteiger partial charge on any atom is -0.317 e. The van der Waals surface area contributed by atoms with Crippen LogP contribution in [0.2, 0.25) is 0 Å². The molecular weight excluding hydrogens is 196 g/mol. The van der Waals surface area contributed by atoms with E-state index in [9.17, 15) is 0 Å². The summed E-state index contributed by atoms with van der Waals surface area (Å²) in [5.74, 6) is 0. The summed E-state index contributed by atoms with van der Waals surface area (Å²) in [6.45, 7) is 8.35. The highest BCUT2D eigenvalue weighted by Gasteiger charge is 2.23. The Morgan fingerprint density at radius 2 is 1.88 bits per heavy atom. The zero-order valence-electron chi connectivity index (χ0n) is 11.6. The largest absolute Gasteiger partial charge is 0.317 e. The lowest BCUT2D eigenvalue weighted by molar-refractivity contribution is 0.100. The summed E-state index contributed by atoms with van der Waals surface area (Å²) < 4.78 is 0. The molecule has 16 heavy (non-hydrogen) atoms. The van der Waals surface area contributed by atoms with Gasteiger partial charge in [-0.2, -0.15) is 0 Å². The molecule has 1 rings (SSSR count). The fraction of sp³-hybridized carbons (Fsp3) is 1.00. The van der Waals surface area contributed by atoms with Gasteiger partial charge in [-0.15, -0.1) is 0 Å². The second-order valence-electron chi connectivity index (χ2n) is 5.40. The smallest absolute Gasteiger partial charge is 0.00697 e. The first kappa shape index (κ1) is 14.0. The number of nitrogens with zero attached hydrogens (tertiary/aromatic N) is 1. The van der Waals surface area contributed by atoms with Gasteiger partial charge < -0.3 is 5.32 Å². The van der Waals surface area contributed by atoms with Crippen LogP contribution < -0.4 is 5.32 Å². The van der Waals surface area contributed by atoms with Crippen LogP contribution in [0.15, 0.2) is 0 Å². The fourth-order valence-electron chi connectivity index (χ4n) is 2.99. The minimum atomic E-state index is 0.718. The quantitative estimate of drug-likeness (QED) is 0.749. The number of hydrogen-bond donors (Lipinski definition) is 1. The molecule has 1 heterocycles. The van der Waals surface area contributed by atoms with E-state index in [0.717, 1.165) is 18.1 Å². The van der Waals surface area contributed by atoms with Crippen molar-refractivity contribution >= 4 is 0 Å². The summed E-state index contributed by atoms with van der Waals surface area (Å²) in [5.41, 5.74) is 0. The topological polar surface area (TPSA) is 15.3 Å². The van der Waals surface area contributed by atoms with E-state index in [1.165, 1.54) is 45.1 Å². The lowest BCUT2D eigenvalue weighted by Gasteiger charge is -2.39. The summed E-state index contributed by atoms with van der Waals surface area (Å²) in [6.07, 6.45) is 8.13. The standard InChI is InChI=1S/C14H30N2/c1-5-14(15-4)10-7-11-16-12(2)8-6-9-13(16)3/h12-15H,5-11H2,1-4H3. The Labute approximate surface area is 102 Å². The third-order valence-corrected chi connectivity index (χ3v) is 4.25. The van der Waals surface area contributed by atoms with Crippen LogP contribution in [0.3, 0.4) is 0 Å². The molecular formula is C14H30N2. The van der Waals surface area contributed by atoms with Crippen LogP contribution in [0.1, 0.15) is 59.3 Å². The maximum Gasteiger partial charge on any atom is 0.00697 e. The molecule has 0 aromatic carbocycles. The van der Waals surface area contributed by atoms with Gasteiger partial charge in [-0.25, -0.2) is 0 Å². The van der Waals surface area contributed by atoms with Gasteiger partial charge in [0.1, 0.15) is 0 Å². The molecule has 3 unspecified atom stereocenters. The molecule has 1 aliphatic heterocycles. The van der Waals surface area contributed by atoms with Crippen molar-refractivity contribution in [2.45, 2.75) is 77.4 Å². The maximum atomic E-state index is 3.39. The van der Waals surface area contributed by atoms with Gasteiger partial charge >= 0.3 is 0 Å². The highest BCUT2D eigenvalue weighted by atomic mass is 15.2. The molecule has 0 aromatic rings. The molecule has 0 amide bonds. The van der Waals surface area contributed by atoms with Crippen molar-refractivity contribution in [3.05, 3.63) is 0 Å². The number of nitrogens with one attached hydrogen (secondary N) is 1. The van der Waals surface area contributed by atoms with Crippen molar-refractivity contribution in [1.82, 2.24) is 10.2 Å². The molecule has 1 N–H and O–H groups in total. The van der Waals surface area contributed by atoms with Crippen molar-refractivity contribution < 1.29 is 0 Å². The molecule has 0 aromatic heterocycles. The van der Waals surface area contributed by atoms with E-state index in [-0.39, 0.29) is 0 Å². The molecule has 2 heteroatoms. The summed E-state index contributed by atoms with van der Waals surface area (Å²) in [7, 11) is 2.08. The van der Waals surface area contributed by atoms with E-state index in [1.54, 1.807) is 0 Å². The lowest BCUT2D eigenvalue weighted by Crippen LogP contribution is -2.44. The van der Waals surface area contributed by atoms with E-state index >= 15 is 0 Å². The zero-order chi connectivity index (χ0) is 12.0. The average molecular weight is 226 g/mol. The number of rotatable bonds is 6. The molecule has 2 nitrogen and oxygen atoms in total. The second-order valence-corrected chi connectivity index (χ2v) is 5.40. The second kappa shape index (κ2) is 7.29. The summed E-state index contributed by atoms with van der Waals surface area (Å²) in [4.78, 5) is 2.71. The fourth-order valence-corrected chi connectivity index (χ4v) is 2.99. The molecule has 0 saturated carbocycles. The summed E-state index contributed by atoms with van der Waals surface area (Å²) >= 11 is 0. The third kappa shape index (κ3) is 4.06. The van der Waals surface area contributed by atoms with E-state index in [4.69, 9.17) is 0 Å². The monoisotopic (exact) mass is 226 g/mol. The van der Waals surface area contributed by atoms with Gasteiger partial charge in [0.25, 0.3) is 0 Å².